The van der Waals surface area contributed by atoms with E-state index in [2.05, 4.69) is 9.98 Å². The molecule has 2 fully saturated rings. The van der Waals surface area contributed by atoms with Crippen LogP contribution in [0.4, 0.5) is 5.69 Å². The number of carbonyl (C=O) groups excluding carboxylic acids is 1. The van der Waals surface area contributed by atoms with E-state index in [0.29, 0.717) is 17.3 Å². The van der Waals surface area contributed by atoms with Gasteiger partial charge < -0.3 is 21.8 Å². The van der Waals surface area contributed by atoms with Gasteiger partial charge in [-0.1, -0.05) is 0 Å². The molecule has 2 aliphatic rings. The molecular weight excluding hydrogens is 316 g/mol. The maximum absolute atomic E-state index is 12.1. The second-order valence-corrected chi connectivity index (χ2v) is 6.57. The Hall–Kier alpha value is -2.70. The van der Waals surface area contributed by atoms with Crippen LogP contribution in [0.15, 0.2) is 23.5 Å². The summed E-state index contributed by atoms with van der Waals surface area (Å²) in [4.78, 5) is 22.8. The highest BCUT2D eigenvalue weighted by atomic mass is 16.2. The van der Waals surface area contributed by atoms with Crippen LogP contribution in [-0.2, 0) is 4.79 Å². The van der Waals surface area contributed by atoms with Gasteiger partial charge in [0.15, 0.2) is 0 Å². The van der Waals surface area contributed by atoms with Crippen molar-refractivity contribution < 1.29 is 4.79 Å². The molecule has 0 radical (unpaired) electrons. The molecular formula is C18H24N6O. The van der Waals surface area contributed by atoms with Crippen molar-refractivity contribution in [3.63, 3.8) is 0 Å². The second-order valence-electron chi connectivity index (χ2n) is 6.57. The van der Waals surface area contributed by atoms with E-state index in [0.717, 1.165) is 56.1 Å². The lowest BCUT2D eigenvalue weighted by atomic mass is 10.0. The number of pyridine rings is 1. The van der Waals surface area contributed by atoms with Crippen molar-refractivity contribution in [2.75, 3.05) is 18.8 Å². The van der Waals surface area contributed by atoms with E-state index in [1.807, 2.05) is 4.90 Å². The van der Waals surface area contributed by atoms with Crippen molar-refractivity contribution in [2.24, 2.45) is 16.6 Å². The Bertz CT molecular complexity index is 714. The fourth-order valence-corrected chi connectivity index (χ4v) is 2.99. The highest BCUT2D eigenvalue weighted by Gasteiger charge is 2.34. The van der Waals surface area contributed by atoms with Crippen molar-refractivity contribution in [1.82, 2.24) is 9.88 Å². The fourth-order valence-electron chi connectivity index (χ4n) is 2.99. The summed E-state index contributed by atoms with van der Waals surface area (Å²) in [5, 5.41) is 7.24. The van der Waals surface area contributed by atoms with Gasteiger partial charge in [-0.3, -0.25) is 14.8 Å². The summed E-state index contributed by atoms with van der Waals surface area (Å²) < 4.78 is 0. The first-order chi connectivity index (χ1) is 12.1. The number of anilines is 1. The van der Waals surface area contributed by atoms with Crippen LogP contribution in [0, 0.1) is 11.3 Å². The lowest BCUT2D eigenvalue weighted by molar-refractivity contribution is -0.133. The Kier molecular flexibility index (Phi) is 5.11. The zero-order valence-electron chi connectivity index (χ0n) is 14.2. The zero-order chi connectivity index (χ0) is 17.8. The van der Waals surface area contributed by atoms with Gasteiger partial charge in [0.2, 0.25) is 5.91 Å². The first kappa shape index (κ1) is 17.1. The first-order valence-corrected chi connectivity index (χ1v) is 8.62. The number of aromatic nitrogens is 1. The summed E-state index contributed by atoms with van der Waals surface area (Å²) in [5.74, 6) is 0.603. The minimum Gasteiger partial charge on any atom is -0.404 e. The highest BCUT2D eigenvalue weighted by molar-refractivity contribution is 6.10. The summed E-state index contributed by atoms with van der Waals surface area (Å²) in [7, 11) is 0. The Balaban J connectivity index is 1.59. The minimum atomic E-state index is 0.198. The van der Waals surface area contributed by atoms with Gasteiger partial charge in [-0.05, 0) is 31.7 Å². The number of allylic oxidation sites excluding steroid dienone is 1. The molecule has 5 N–H and O–H groups in total. The van der Waals surface area contributed by atoms with Crippen LogP contribution in [0.3, 0.4) is 0 Å². The van der Waals surface area contributed by atoms with Crippen molar-refractivity contribution in [3.8, 4) is 0 Å². The number of piperidine rings is 1. The van der Waals surface area contributed by atoms with Gasteiger partial charge in [0.1, 0.15) is 5.69 Å². The van der Waals surface area contributed by atoms with Crippen LogP contribution >= 0.6 is 0 Å². The molecule has 0 aromatic carbocycles. The Morgan fingerprint density at radius 1 is 1.32 bits per heavy atom. The van der Waals surface area contributed by atoms with Crippen LogP contribution in [0.2, 0.25) is 0 Å². The maximum Gasteiger partial charge on any atom is 0.225 e. The number of nitrogen functional groups attached to an aromatic ring is 1. The van der Waals surface area contributed by atoms with Gasteiger partial charge in [0.25, 0.3) is 0 Å². The summed E-state index contributed by atoms with van der Waals surface area (Å²) in [6.07, 6.45) is 9.85. The number of amides is 1. The number of nitrogens with zero attached hydrogens (tertiary/aromatic N) is 3. The molecule has 7 nitrogen and oxygen atoms in total. The van der Waals surface area contributed by atoms with Gasteiger partial charge in [0.05, 0.1) is 11.7 Å². The summed E-state index contributed by atoms with van der Waals surface area (Å²) in [6, 6.07) is 1.94. The van der Waals surface area contributed by atoms with Gasteiger partial charge in [0, 0.05) is 55.0 Å². The normalized spacial score (nSPS) is 19.4. The van der Waals surface area contributed by atoms with Gasteiger partial charge in [-0.15, -0.1) is 0 Å². The van der Waals surface area contributed by atoms with Crippen LogP contribution < -0.4 is 11.5 Å². The second kappa shape index (κ2) is 7.46. The lowest BCUT2D eigenvalue weighted by Crippen LogP contribution is -2.40. The van der Waals surface area contributed by atoms with E-state index in [1.165, 1.54) is 6.20 Å². The van der Waals surface area contributed by atoms with E-state index < -0.39 is 0 Å². The third-order valence-electron chi connectivity index (χ3n) is 4.73. The number of rotatable bonds is 5. The van der Waals surface area contributed by atoms with Gasteiger partial charge in [-0.25, -0.2) is 0 Å². The summed E-state index contributed by atoms with van der Waals surface area (Å²) in [5.41, 5.74) is 14.0. The molecule has 1 aromatic heterocycles. The van der Waals surface area contributed by atoms with E-state index in [1.54, 1.807) is 18.5 Å². The molecule has 132 valence electrons. The Morgan fingerprint density at radius 2 is 2.04 bits per heavy atom. The number of nitrogens with two attached hydrogens (primary N) is 2. The molecule has 0 spiro atoms. The third-order valence-corrected chi connectivity index (χ3v) is 4.73. The molecule has 1 saturated heterocycles. The molecule has 1 aliphatic carbocycles. The third kappa shape index (κ3) is 4.04. The lowest BCUT2D eigenvalue weighted by Gasteiger charge is -2.30. The number of nitrogens with one attached hydrogen (secondary N) is 1. The molecule has 0 unspecified atom stereocenters. The van der Waals surface area contributed by atoms with Crippen molar-refractivity contribution in [2.45, 2.75) is 31.7 Å². The monoisotopic (exact) mass is 340 g/mol. The summed E-state index contributed by atoms with van der Waals surface area (Å²) >= 11 is 0. The van der Waals surface area contributed by atoms with Crippen LogP contribution in [0.1, 0.15) is 36.9 Å². The quantitative estimate of drug-likeness (QED) is 0.702. The molecule has 1 aromatic rings. The number of hydrogen-bond acceptors (Lipinski definition) is 6. The standard InChI is InChI=1S/C18H24N6O/c19-8-14(13-7-16(21)17(9-20)23-10-13)11-22-15-3-5-24(6-4-15)18(25)12-1-2-12/h7-12,15,20H,1-6,19,21H2. The number of carbonyl (C=O) groups is 1. The molecule has 3 rings (SSSR count). The molecule has 1 aliphatic heterocycles. The Labute approximate surface area is 147 Å². The predicted molar refractivity (Wildman–Crippen MR) is 99.5 cm³/mol. The SMILES string of the molecule is N=Cc1ncc(C(C=NC2CCN(C(=O)C3CC3)CC2)=CN)cc1N. The zero-order valence-corrected chi connectivity index (χ0v) is 14.2. The minimum absolute atomic E-state index is 0.198. The van der Waals surface area contributed by atoms with E-state index in [4.69, 9.17) is 16.9 Å². The number of likely N-dealkylation sites (tertiary alicyclic amines) is 1. The van der Waals surface area contributed by atoms with Crippen LogP contribution in [-0.4, -0.2) is 47.4 Å². The Morgan fingerprint density at radius 3 is 2.60 bits per heavy atom. The van der Waals surface area contributed by atoms with Crippen LogP contribution in [0.5, 0.6) is 0 Å². The topological polar surface area (TPSA) is 121 Å². The molecule has 0 atom stereocenters. The van der Waals surface area contributed by atoms with E-state index in [-0.39, 0.29) is 12.0 Å². The molecule has 2 heterocycles. The largest absolute Gasteiger partial charge is 0.404 e. The number of aliphatic imine (C=N–C) groups is 1. The van der Waals surface area contributed by atoms with Crippen LogP contribution in [0.25, 0.3) is 5.57 Å². The van der Waals surface area contributed by atoms with Gasteiger partial charge >= 0.3 is 0 Å². The van der Waals surface area contributed by atoms with Crippen molar-refractivity contribution in [1.29, 1.82) is 5.41 Å². The van der Waals surface area contributed by atoms with Crippen molar-refractivity contribution in [3.05, 3.63) is 29.7 Å². The number of hydrogen-bond donors (Lipinski definition) is 3. The van der Waals surface area contributed by atoms with E-state index >= 15 is 0 Å². The molecule has 1 amide bonds. The predicted octanol–water partition coefficient (Wildman–Crippen LogP) is 1.43. The molecule has 1 saturated carbocycles. The van der Waals surface area contributed by atoms with Crippen molar-refractivity contribution >= 4 is 29.6 Å². The summed E-state index contributed by atoms with van der Waals surface area (Å²) in [6.45, 7) is 1.56. The maximum atomic E-state index is 12.1. The molecule has 25 heavy (non-hydrogen) atoms. The molecule has 7 heteroatoms. The fraction of sp³-hybridized carbons (Fsp3) is 0.444. The van der Waals surface area contributed by atoms with E-state index in [9.17, 15) is 4.79 Å². The smallest absolute Gasteiger partial charge is 0.225 e. The van der Waals surface area contributed by atoms with Gasteiger partial charge in [-0.2, -0.15) is 0 Å². The highest BCUT2D eigenvalue weighted by Crippen LogP contribution is 2.32. The average Bonchev–Trinajstić information content (AvgIpc) is 3.47. The first-order valence-electron chi connectivity index (χ1n) is 8.62. The molecule has 0 bridgehead atoms. The average molecular weight is 340 g/mol.